The molecule has 1 saturated heterocycles. The van der Waals surface area contributed by atoms with E-state index in [0.29, 0.717) is 0 Å². The molecule has 33 heavy (non-hydrogen) atoms. The third-order valence-corrected chi connectivity index (χ3v) is 6.61. The fourth-order valence-corrected chi connectivity index (χ4v) is 4.62. The van der Waals surface area contributed by atoms with E-state index in [-0.39, 0.29) is 6.61 Å². The van der Waals surface area contributed by atoms with Crippen LogP contribution in [0.15, 0.2) is 90.0 Å². The monoisotopic (exact) mass is 440 g/mol. The number of aliphatic hydroxyl groups is 1. The highest BCUT2D eigenvalue weighted by atomic mass is 16.2. The summed E-state index contributed by atoms with van der Waals surface area (Å²) in [5, 5.41) is 9.63. The van der Waals surface area contributed by atoms with Gasteiger partial charge in [0.25, 0.3) is 0 Å². The van der Waals surface area contributed by atoms with Gasteiger partial charge in [-0.15, -0.1) is 0 Å². The summed E-state index contributed by atoms with van der Waals surface area (Å²) < 4.78 is 0. The predicted octanol–water partition coefficient (Wildman–Crippen LogP) is 5.95. The van der Waals surface area contributed by atoms with Gasteiger partial charge in [-0.3, -0.25) is 0 Å². The molecule has 0 spiro atoms. The summed E-state index contributed by atoms with van der Waals surface area (Å²) >= 11 is 0. The molecular formula is C30H36N2O. The van der Waals surface area contributed by atoms with E-state index in [1.807, 2.05) is 0 Å². The van der Waals surface area contributed by atoms with Gasteiger partial charge in [0.05, 0.1) is 0 Å². The van der Waals surface area contributed by atoms with Crippen molar-refractivity contribution in [1.29, 1.82) is 0 Å². The molecule has 1 aliphatic carbocycles. The largest absolute Gasteiger partial charge is 0.396 e. The van der Waals surface area contributed by atoms with Gasteiger partial charge in [0, 0.05) is 38.5 Å². The Balaban J connectivity index is 1.79. The van der Waals surface area contributed by atoms with Gasteiger partial charge in [0.2, 0.25) is 0 Å². The van der Waals surface area contributed by atoms with Gasteiger partial charge in [-0.1, -0.05) is 72.3 Å². The molecule has 0 atom stereocenters. The minimum Gasteiger partial charge on any atom is -0.396 e. The second kappa shape index (κ2) is 11.3. The topological polar surface area (TPSA) is 26.7 Å². The molecule has 0 radical (unpaired) electrons. The third-order valence-electron chi connectivity index (χ3n) is 6.61. The van der Waals surface area contributed by atoms with Gasteiger partial charge in [0.1, 0.15) is 0 Å². The van der Waals surface area contributed by atoms with Crippen LogP contribution in [0, 0.1) is 0 Å². The Labute approximate surface area is 199 Å². The van der Waals surface area contributed by atoms with Gasteiger partial charge in [-0.2, -0.15) is 0 Å². The van der Waals surface area contributed by atoms with Crippen LogP contribution in [0.3, 0.4) is 0 Å². The zero-order valence-electron chi connectivity index (χ0n) is 20.0. The van der Waals surface area contributed by atoms with E-state index >= 15 is 0 Å². The van der Waals surface area contributed by atoms with Crippen molar-refractivity contribution in [2.24, 2.45) is 0 Å². The molecule has 1 heterocycles. The quantitative estimate of drug-likeness (QED) is 0.539. The fraction of sp³-hybridized carbons (Fsp3) is 0.333. The van der Waals surface area contributed by atoms with Gasteiger partial charge >= 0.3 is 0 Å². The highest BCUT2D eigenvalue weighted by molar-refractivity contribution is 6.00. The molecular weight excluding hydrogens is 404 g/mol. The van der Waals surface area contributed by atoms with Gasteiger partial charge in [-0.05, 0) is 73.2 Å². The maximum Gasteiger partial charge on any atom is 0.0434 e. The number of rotatable bonds is 7. The standard InChI is InChI=1S/C30H36N2O/c1-24-8-6-11-26(14-13-24)30(29(12-7-23-33)25-9-4-3-5-10-25)27-15-17-28(18-16-27)32-21-19-31(2)20-22-32/h3-6,9-11,13-18,33H,7-8,12,19-23H2,1-2H3/b30-29-. The molecule has 2 aliphatic rings. The number of anilines is 1. The van der Waals surface area contributed by atoms with Crippen molar-refractivity contribution in [3.8, 4) is 0 Å². The summed E-state index contributed by atoms with van der Waals surface area (Å²) in [5.41, 5.74) is 8.90. The highest BCUT2D eigenvalue weighted by Crippen LogP contribution is 2.37. The first-order valence-corrected chi connectivity index (χ1v) is 12.1. The number of hydrogen-bond acceptors (Lipinski definition) is 3. The van der Waals surface area contributed by atoms with Gasteiger partial charge in [0.15, 0.2) is 0 Å². The summed E-state index contributed by atoms with van der Waals surface area (Å²) in [5.74, 6) is 0. The number of hydrogen-bond donors (Lipinski definition) is 1. The number of benzene rings is 2. The number of likely N-dealkylation sites (N-methyl/N-ethyl adjacent to an activating group) is 1. The average molecular weight is 441 g/mol. The summed E-state index contributed by atoms with van der Waals surface area (Å²) in [6.07, 6.45) is 11.6. The van der Waals surface area contributed by atoms with Gasteiger partial charge in [-0.25, -0.2) is 0 Å². The Kier molecular flexibility index (Phi) is 7.98. The summed E-state index contributed by atoms with van der Waals surface area (Å²) in [6, 6.07) is 19.7. The van der Waals surface area contributed by atoms with Crippen LogP contribution in [0.25, 0.3) is 11.1 Å². The molecule has 1 aliphatic heterocycles. The summed E-state index contributed by atoms with van der Waals surface area (Å²) in [7, 11) is 2.19. The lowest BCUT2D eigenvalue weighted by molar-refractivity contribution is 0.290. The van der Waals surface area contributed by atoms with Gasteiger partial charge < -0.3 is 14.9 Å². The van der Waals surface area contributed by atoms with Crippen LogP contribution in [-0.4, -0.2) is 49.8 Å². The van der Waals surface area contributed by atoms with Crippen molar-refractivity contribution in [3.05, 3.63) is 101 Å². The van der Waals surface area contributed by atoms with E-state index in [2.05, 4.69) is 103 Å². The first-order valence-electron chi connectivity index (χ1n) is 12.1. The van der Waals surface area contributed by atoms with Crippen LogP contribution in [0.2, 0.25) is 0 Å². The molecule has 2 aromatic carbocycles. The maximum absolute atomic E-state index is 9.63. The third kappa shape index (κ3) is 5.93. The highest BCUT2D eigenvalue weighted by Gasteiger charge is 2.17. The summed E-state index contributed by atoms with van der Waals surface area (Å²) in [6.45, 7) is 6.73. The lowest BCUT2D eigenvalue weighted by Crippen LogP contribution is -2.44. The van der Waals surface area contributed by atoms with Crippen LogP contribution in [0.4, 0.5) is 5.69 Å². The van der Waals surface area contributed by atoms with Crippen molar-refractivity contribution in [2.45, 2.75) is 26.2 Å². The molecule has 3 heteroatoms. The number of piperazine rings is 1. The molecule has 2 aromatic rings. The molecule has 0 amide bonds. The van der Waals surface area contributed by atoms with Crippen molar-refractivity contribution >= 4 is 16.8 Å². The van der Waals surface area contributed by atoms with Crippen LogP contribution in [0.1, 0.15) is 37.3 Å². The Morgan fingerprint density at radius 1 is 0.879 bits per heavy atom. The minimum absolute atomic E-state index is 0.194. The zero-order chi connectivity index (χ0) is 23.0. The van der Waals surface area contributed by atoms with E-state index in [9.17, 15) is 5.11 Å². The SMILES string of the molecule is CC1=CC=C(/C(=C(\CCCO)c2ccccc2)c2ccc(N3CCN(C)CC3)cc2)C=CC1. The van der Waals surface area contributed by atoms with E-state index in [1.165, 1.54) is 39.1 Å². The maximum atomic E-state index is 9.63. The van der Waals surface area contributed by atoms with Crippen molar-refractivity contribution in [2.75, 3.05) is 44.7 Å². The normalized spacial score (nSPS) is 17.8. The fourth-order valence-electron chi connectivity index (χ4n) is 4.62. The van der Waals surface area contributed by atoms with Crippen LogP contribution in [-0.2, 0) is 0 Å². The predicted molar refractivity (Wildman–Crippen MR) is 141 cm³/mol. The number of allylic oxidation sites excluding steroid dienone is 8. The lowest BCUT2D eigenvalue weighted by atomic mass is 9.86. The number of aliphatic hydroxyl groups excluding tert-OH is 1. The molecule has 0 bridgehead atoms. The Hall–Kier alpha value is -2.88. The molecule has 1 fully saturated rings. The first kappa shape index (κ1) is 23.3. The minimum atomic E-state index is 0.194. The molecule has 4 rings (SSSR count). The van der Waals surface area contributed by atoms with Crippen LogP contribution in [0.5, 0.6) is 0 Å². The Morgan fingerprint density at radius 3 is 2.30 bits per heavy atom. The van der Waals surface area contributed by atoms with E-state index in [4.69, 9.17) is 0 Å². The molecule has 1 N–H and O–H groups in total. The van der Waals surface area contributed by atoms with Crippen molar-refractivity contribution in [3.63, 3.8) is 0 Å². The smallest absolute Gasteiger partial charge is 0.0434 e. The second-order valence-electron chi connectivity index (χ2n) is 9.13. The van der Waals surface area contributed by atoms with E-state index < -0.39 is 0 Å². The molecule has 0 aromatic heterocycles. The lowest BCUT2D eigenvalue weighted by Gasteiger charge is -2.34. The van der Waals surface area contributed by atoms with E-state index in [1.54, 1.807) is 0 Å². The van der Waals surface area contributed by atoms with Crippen molar-refractivity contribution < 1.29 is 5.11 Å². The first-order chi connectivity index (χ1) is 16.2. The Bertz CT molecular complexity index is 1040. The average Bonchev–Trinajstić information content (AvgIpc) is 3.07. The molecule has 3 nitrogen and oxygen atoms in total. The van der Waals surface area contributed by atoms with Crippen LogP contribution < -0.4 is 4.90 Å². The molecule has 0 unspecified atom stereocenters. The number of nitrogens with zero attached hydrogens (tertiary/aromatic N) is 2. The molecule has 172 valence electrons. The summed E-state index contributed by atoms with van der Waals surface area (Å²) in [4.78, 5) is 4.87. The zero-order valence-corrected chi connectivity index (χ0v) is 20.0. The van der Waals surface area contributed by atoms with Crippen molar-refractivity contribution in [1.82, 2.24) is 4.90 Å². The molecule has 0 saturated carbocycles. The second-order valence-corrected chi connectivity index (χ2v) is 9.13. The van der Waals surface area contributed by atoms with E-state index in [0.717, 1.165) is 45.4 Å². The van der Waals surface area contributed by atoms with Crippen LogP contribution >= 0.6 is 0 Å². The Morgan fingerprint density at radius 2 is 1.61 bits per heavy atom.